The Morgan fingerprint density at radius 1 is 1.29 bits per heavy atom. The number of oxazole rings is 1. The molecule has 3 rings (SSSR count). The summed E-state index contributed by atoms with van der Waals surface area (Å²) in [5, 5.41) is 12.4. The van der Waals surface area contributed by atoms with Gasteiger partial charge in [-0.2, -0.15) is 0 Å². The zero-order valence-corrected chi connectivity index (χ0v) is 13.3. The quantitative estimate of drug-likeness (QED) is 0.520. The van der Waals surface area contributed by atoms with E-state index in [-0.39, 0.29) is 0 Å². The summed E-state index contributed by atoms with van der Waals surface area (Å²) in [7, 11) is 0. The summed E-state index contributed by atoms with van der Waals surface area (Å²) >= 11 is 3.17. The predicted molar refractivity (Wildman–Crippen MR) is 86.9 cm³/mol. The second-order valence-electron chi connectivity index (χ2n) is 4.52. The molecule has 0 spiro atoms. The highest BCUT2D eigenvalue weighted by Gasteiger charge is 2.09. The van der Waals surface area contributed by atoms with Gasteiger partial charge in [0.2, 0.25) is 11.0 Å². The van der Waals surface area contributed by atoms with E-state index >= 15 is 0 Å². The molecular formula is C14H16N4OS2. The number of nitrogens with one attached hydrogen (secondary N) is 1. The van der Waals surface area contributed by atoms with Gasteiger partial charge in [-0.15, -0.1) is 10.2 Å². The van der Waals surface area contributed by atoms with Crippen molar-refractivity contribution in [1.29, 1.82) is 0 Å². The maximum atomic E-state index is 5.68. The second-order valence-corrected chi connectivity index (χ2v) is 6.72. The number of thioether (sulfide) groups is 1. The Labute approximate surface area is 131 Å². The van der Waals surface area contributed by atoms with Crippen LogP contribution in [0.5, 0.6) is 0 Å². The maximum Gasteiger partial charge on any atom is 0.206 e. The number of unbranched alkanes of at least 4 members (excludes halogenated alkanes) is 1. The number of aromatic nitrogens is 3. The van der Waals surface area contributed by atoms with Crippen molar-refractivity contribution in [2.45, 2.75) is 29.9 Å². The number of fused-ring (bicyclic) bond motifs is 1. The molecular weight excluding hydrogens is 304 g/mol. The van der Waals surface area contributed by atoms with E-state index in [0.717, 1.165) is 39.4 Å². The minimum absolute atomic E-state index is 0.665. The molecule has 7 heteroatoms. The molecule has 1 N–H and O–H groups in total. The van der Waals surface area contributed by atoms with Gasteiger partial charge in [0.1, 0.15) is 5.52 Å². The van der Waals surface area contributed by atoms with Crippen molar-refractivity contribution in [3.63, 3.8) is 0 Å². The lowest BCUT2D eigenvalue weighted by atomic mass is 10.3. The van der Waals surface area contributed by atoms with Crippen LogP contribution in [0.1, 0.15) is 25.7 Å². The largest absolute Gasteiger partial charge is 0.440 e. The molecule has 2 aromatic heterocycles. The fourth-order valence-electron chi connectivity index (χ4n) is 1.82. The van der Waals surface area contributed by atoms with Gasteiger partial charge < -0.3 is 9.73 Å². The van der Waals surface area contributed by atoms with Crippen molar-refractivity contribution in [2.75, 3.05) is 11.9 Å². The molecule has 0 bridgehead atoms. The van der Waals surface area contributed by atoms with E-state index in [0.29, 0.717) is 5.75 Å². The molecule has 2 heterocycles. The minimum atomic E-state index is 0.665. The SMILES string of the molecule is CCCCNc1nnc(SCc2nc3ccccc3o2)s1. The van der Waals surface area contributed by atoms with Crippen molar-refractivity contribution < 1.29 is 4.42 Å². The Hall–Kier alpha value is -1.60. The molecule has 110 valence electrons. The monoisotopic (exact) mass is 320 g/mol. The molecule has 0 aliphatic rings. The van der Waals surface area contributed by atoms with Crippen molar-refractivity contribution in [2.24, 2.45) is 0 Å². The summed E-state index contributed by atoms with van der Waals surface area (Å²) in [5.74, 6) is 1.38. The van der Waals surface area contributed by atoms with Crippen LogP contribution in [-0.2, 0) is 5.75 Å². The van der Waals surface area contributed by atoms with Crippen molar-refractivity contribution in [3.05, 3.63) is 30.2 Å². The molecule has 0 aliphatic heterocycles. The molecule has 21 heavy (non-hydrogen) atoms. The van der Waals surface area contributed by atoms with Crippen LogP contribution in [0.2, 0.25) is 0 Å². The molecule has 3 aromatic rings. The van der Waals surface area contributed by atoms with Crippen molar-refractivity contribution in [3.8, 4) is 0 Å². The van der Waals surface area contributed by atoms with Crippen LogP contribution in [-0.4, -0.2) is 21.7 Å². The van der Waals surface area contributed by atoms with Crippen LogP contribution in [0.4, 0.5) is 5.13 Å². The van der Waals surface area contributed by atoms with E-state index in [1.165, 1.54) is 6.42 Å². The van der Waals surface area contributed by atoms with E-state index in [9.17, 15) is 0 Å². The highest BCUT2D eigenvalue weighted by Crippen LogP contribution is 2.29. The molecule has 0 amide bonds. The van der Waals surface area contributed by atoms with Crippen LogP contribution in [0.15, 0.2) is 33.0 Å². The first-order chi connectivity index (χ1) is 10.3. The Balaban J connectivity index is 1.57. The van der Waals surface area contributed by atoms with Gasteiger partial charge in [-0.3, -0.25) is 0 Å². The Morgan fingerprint density at radius 3 is 3.05 bits per heavy atom. The fraction of sp³-hybridized carbons (Fsp3) is 0.357. The average Bonchev–Trinajstić information content (AvgIpc) is 3.11. The lowest BCUT2D eigenvalue weighted by Crippen LogP contribution is -1.99. The number of rotatable bonds is 7. The van der Waals surface area contributed by atoms with Gasteiger partial charge in [0.05, 0.1) is 5.75 Å². The van der Waals surface area contributed by atoms with Crippen LogP contribution >= 0.6 is 23.1 Å². The Kier molecular flexibility index (Phi) is 4.72. The third kappa shape index (κ3) is 3.74. The number of benzene rings is 1. The second kappa shape index (κ2) is 6.91. The van der Waals surface area contributed by atoms with Crippen LogP contribution in [0.3, 0.4) is 0 Å². The summed E-state index contributed by atoms with van der Waals surface area (Å²) in [6.45, 7) is 3.12. The number of para-hydroxylation sites is 2. The molecule has 0 saturated heterocycles. The number of nitrogens with zero attached hydrogens (tertiary/aromatic N) is 3. The standard InChI is InChI=1S/C14H16N4OS2/c1-2-3-8-15-13-17-18-14(21-13)20-9-12-16-10-6-4-5-7-11(10)19-12/h4-7H,2-3,8-9H2,1H3,(H,15,17). The third-order valence-electron chi connectivity index (χ3n) is 2.87. The topological polar surface area (TPSA) is 63.8 Å². The first kappa shape index (κ1) is 14.3. The van der Waals surface area contributed by atoms with E-state index in [2.05, 4.69) is 27.4 Å². The summed E-state index contributed by atoms with van der Waals surface area (Å²) < 4.78 is 6.61. The zero-order valence-electron chi connectivity index (χ0n) is 11.7. The zero-order chi connectivity index (χ0) is 14.5. The molecule has 0 saturated carbocycles. The highest BCUT2D eigenvalue weighted by atomic mass is 32.2. The Bertz CT molecular complexity index is 677. The van der Waals surface area contributed by atoms with E-state index in [1.807, 2.05) is 24.3 Å². The molecule has 0 radical (unpaired) electrons. The minimum Gasteiger partial charge on any atom is -0.440 e. The normalized spacial score (nSPS) is 11.1. The van der Waals surface area contributed by atoms with Gasteiger partial charge in [0.15, 0.2) is 9.92 Å². The highest BCUT2D eigenvalue weighted by molar-refractivity contribution is 8.00. The Morgan fingerprint density at radius 2 is 2.19 bits per heavy atom. The summed E-state index contributed by atoms with van der Waals surface area (Å²) in [4.78, 5) is 4.45. The maximum absolute atomic E-state index is 5.68. The molecule has 0 fully saturated rings. The van der Waals surface area contributed by atoms with E-state index in [1.54, 1.807) is 23.1 Å². The lowest BCUT2D eigenvalue weighted by Gasteiger charge is -1.97. The molecule has 5 nitrogen and oxygen atoms in total. The van der Waals surface area contributed by atoms with Crippen LogP contribution in [0, 0.1) is 0 Å². The van der Waals surface area contributed by atoms with Crippen molar-refractivity contribution >= 4 is 39.3 Å². The lowest BCUT2D eigenvalue weighted by molar-refractivity contribution is 0.556. The average molecular weight is 320 g/mol. The van der Waals surface area contributed by atoms with Crippen LogP contribution in [0.25, 0.3) is 11.1 Å². The first-order valence-corrected chi connectivity index (χ1v) is 8.70. The summed E-state index contributed by atoms with van der Waals surface area (Å²) in [6, 6.07) is 7.79. The van der Waals surface area contributed by atoms with Gasteiger partial charge in [0.25, 0.3) is 0 Å². The van der Waals surface area contributed by atoms with Gasteiger partial charge in [-0.25, -0.2) is 4.98 Å². The molecule has 0 aliphatic carbocycles. The number of anilines is 1. The number of hydrogen-bond acceptors (Lipinski definition) is 7. The smallest absolute Gasteiger partial charge is 0.206 e. The summed E-state index contributed by atoms with van der Waals surface area (Å²) in [6.07, 6.45) is 2.32. The number of hydrogen-bond donors (Lipinski definition) is 1. The third-order valence-corrected chi connectivity index (χ3v) is 4.87. The van der Waals surface area contributed by atoms with Gasteiger partial charge >= 0.3 is 0 Å². The van der Waals surface area contributed by atoms with E-state index < -0.39 is 0 Å². The van der Waals surface area contributed by atoms with E-state index in [4.69, 9.17) is 4.42 Å². The van der Waals surface area contributed by atoms with Crippen molar-refractivity contribution in [1.82, 2.24) is 15.2 Å². The predicted octanol–water partition coefficient (Wildman–Crippen LogP) is 4.18. The van der Waals surface area contributed by atoms with Gasteiger partial charge in [-0.1, -0.05) is 48.6 Å². The summed E-state index contributed by atoms with van der Waals surface area (Å²) in [5.41, 5.74) is 1.72. The van der Waals surface area contributed by atoms with Gasteiger partial charge in [0, 0.05) is 6.54 Å². The fourth-order valence-corrected chi connectivity index (χ4v) is 3.44. The first-order valence-electron chi connectivity index (χ1n) is 6.90. The molecule has 1 aromatic carbocycles. The van der Waals surface area contributed by atoms with Gasteiger partial charge in [-0.05, 0) is 18.6 Å². The van der Waals surface area contributed by atoms with Crippen LogP contribution < -0.4 is 5.32 Å². The molecule has 0 atom stereocenters. The molecule has 0 unspecified atom stereocenters.